The van der Waals surface area contributed by atoms with E-state index >= 15 is 0 Å². The molecule has 80 heavy (non-hydrogen) atoms. The van der Waals surface area contributed by atoms with Crippen molar-refractivity contribution in [2.24, 2.45) is 0 Å². The number of carbonyl (C=O) groups excluding carboxylic acids is 3. The van der Waals surface area contributed by atoms with Crippen LogP contribution in [0.5, 0.6) is 0 Å². The predicted molar refractivity (Wildman–Crippen MR) is 348 cm³/mol. The van der Waals surface area contributed by atoms with Gasteiger partial charge in [0, 0.05) is 19.3 Å². The molecular formula is C74H122O6. The minimum atomic E-state index is -0.788. The Balaban J connectivity index is 4.16. The van der Waals surface area contributed by atoms with E-state index in [1.807, 2.05) is 0 Å². The summed E-state index contributed by atoms with van der Waals surface area (Å²) in [5, 5.41) is 0. The highest BCUT2D eigenvalue weighted by Crippen LogP contribution is 2.15. The fourth-order valence-electron chi connectivity index (χ4n) is 8.94. The number of allylic oxidation sites excluding steroid dienone is 22. The third-order valence-electron chi connectivity index (χ3n) is 13.9. The van der Waals surface area contributed by atoms with Gasteiger partial charge in [-0.2, -0.15) is 0 Å². The number of unbranched alkanes of at least 4 members (excludes halogenated alkanes) is 26. The molecule has 0 N–H and O–H groups in total. The lowest BCUT2D eigenvalue weighted by Crippen LogP contribution is -2.30. The standard InChI is InChI=1S/C74H122O6/c1-4-7-10-13-16-18-20-22-24-26-28-30-32-34-35-36-37-38-39-41-42-44-46-48-50-52-54-56-58-61-64-67-73(76)79-70-71(69-78-72(75)66-63-60-15-12-9-6-3)80-74(77)68-65-62-59-57-55-53-51-49-47-45-43-40-33-31-29-27-25-23-21-19-17-14-11-8-5-2/h7,10,16,18,21-24,27-30,33-35,37-38,40-42,46,48,71H,4-6,8-9,11-15,17,19-20,25-26,31-32,36,39,43-45,47,49-70H2,1-3H3/b10-7-,18-16-,23-21-,24-22-,29-27-,30-28-,35-34-,38-37-,40-33-,42-41-,48-46-. The molecule has 0 bridgehead atoms. The van der Waals surface area contributed by atoms with Crippen LogP contribution in [0.4, 0.5) is 0 Å². The summed E-state index contributed by atoms with van der Waals surface area (Å²) in [6, 6.07) is 0. The van der Waals surface area contributed by atoms with Crippen molar-refractivity contribution >= 4 is 17.9 Å². The average Bonchev–Trinajstić information content (AvgIpc) is 3.46. The Morgan fingerprint density at radius 3 is 0.762 bits per heavy atom. The van der Waals surface area contributed by atoms with Gasteiger partial charge >= 0.3 is 17.9 Å². The molecule has 0 amide bonds. The molecular weight excluding hydrogens is 985 g/mol. The van der Waals surface area contributed by atoms with Gasteiger partial charge in [-0.1, -0.05) is 289 Å². The lowest BCUT2D eigenvalue weighted by atomic mass is 10.0. The minimum absolute atomic E-state index is 0.0867. The molecule has 6 heteroatoms. The topological polar surface area (TPSA) is 78.9 Å². The summed E-state index contributed by atoms with van der Waals surface area (Å²) in [4.78, 5) is 38.1. The van der Waals surface area contributed by atoms with Crippen LogP contribution in [-0.4, -0.2) is 37.2 Å². The molecule has 0 radical (unpaired) electrons. The quantitative estimate of drug-likeness (QED) is 0.0261. The second-order valence-electron chi connectivity index (χ2n) is 21.6. The van der Waals surface area contributed by atoms with Crippen molar-refractivity contribution in [3.63, 3.8) is 0 Å². The van der Waals surface area contributed by atoms with Gasteiger partial charge in [0.15, 0.2) is 6.10 Å². The van der Waals surface area contributed by atoms with E-state index in [-0.39, 0.29) is 31.1 Å². The van der Waals surface area contributed by atoms with E-state index in [9.17, 15) is 14.4 Å². The van der Waals surface area contributed by atoms with Gasteiger partial charge in [0.2, 0.25) is 0 Å². The van der Waals surface area contributed by atoms with E-state index in [0.29, 0.717) is 19.3 Å². The number of hydrogen-bond acceptors (Lipinski definition) is 6. The highest BCUT2D eigenvalue weighted by Gasteiger charge is 2.19. The van der Waals surface area contributed by atoms with Gasteiger partial charge in [0.05, 0.1) is 0 Å². The maximum atomic E-state index is 12.9. The molecule has 0 saturated heterocycles. The van der Waals surface area contributed by atoms with Crippen molar-refractivity contribution in [3.05, 3.63) is 134 Å². The molecule has 0 saturated carbocycles. The van der Waals surface area contributed by atoms with Gasteiger partial charge in [-0.25, -0.2) is 0 Å². The summed E-state index contributed by atoms with van der Waals surface area (Å²) in [5.74, 6) is -0.913. The molecule has 0 aromatic heterocycles. The molecule has 0 aliphatic carbocycles. The zero-order valence-corrected chi connectivity index (χ0v) is 52.0. The van der Waals surface area contributed by atoms with Crippen LogP contribution in [0.3, 0.4) is 0 Å². The van der Waals surface area contributed by atoms with E-state index in [4.69, 9.17) is 14.2 Å². The second-order valence-corrected chi connectivity index (χ2v) is 21.6. The first-order valence-corrected chi connectivity index (χ1v) is 33.2. The molecule has 0 fully saturated rings. The van der Waals surface area contributed by atoms with Gasteiger partial charge in [-0.05, 0) is 122 Å². The number of carbonyl (C=O) groups is 3. The molecule has 1 atom stereocenters. The summed E-state index contributed by atoms with van der Waals surface area (Å²) in [5.41, 5.74) is 0. The predicted octanol–water partition coefficient (Wildman–Crippen LogP) is 22.9. The summed E-state index contributed by atoms with van der Waals surface area (Å²) in [7, 11) is 0. The molecule has 0 aromatic rings. The zero-order chi connectivity index (χ0) is 57.8. The summed E-state index contributed by atoms with van der Waals surface area (Å²) in [6.07, 6.45) is 94.9. The summed E-state index contributed by atoms with van der Waals surface area (Å²) in [6.45, 7) is 6.45. The van der Waals surface area contributed by atoms with Crippen LogP contribution in [0.1, 0.15) is 297 Å². The lowest BCUT2D eigenvalue weighted by molar-refractivity contribution is -0.167. The molecule has 6 nitrogen and oxygen atoms in total. The Morgan fingerprint density at radius 1 is 0.263 bits per heavy atom. The highest BCUT2D eigenvalue weighted by atomic mass is 16.6. The molecule has 0 aliphatic heterocycles. The second kappa shape index (κ2) is 67.1. The lowest BCUT2D eigenvalue weighted by Gasteiger charge is -2.18. The van der Waals surface area contributed by atoms with E-state index in [1.54, 1.807) is 0 Å². The maximum absolute atomic E-state index is 12.9. The highest BCUT2D eigenvalue weighted by molar-refractivity contribution is 5.71. The summed E-state index contributed by atoms with van der Waals surface area (Å²) >= 11 is 0. The van der Waals surface area contributed by atoms with Gasteiger partial charge in [-0.15, -0.1) is 0 Å². The molecule has 0 heterocycles. The Hall–Kier alpha value is -4.45. The van der Waals surface area contributed by atoms with Crippen molar-refractivity contribution in [1.82, 2.24) is 0 Å². The van der Waals surface area contributed by atoms with Crippen molar-refractivity contribution in [2.75, 3.05) is 13.2 Å². The van der Waals surface area contributed by atoms with Crippen LogP contribution in [-0.2, 0) is 28.6 Å². The van der Waals surface area contributed by atoms with Crippen LogP contribution in [0.2, 0.25) is 0 Å². The van der Waals surface area contributed by atoms with E-state index < -0.39 is 6.10 Å². The Labute approximate surface area is 494 Å². The van der Waals surface area contributed by atoms with Crippen LogP contribution >= 0.6 is 0 Å². The van der Waals surface area contributed by atoms with Crippen LogP contribution in [0, 0.1) is 0 Å². The van der Waals surface area contributed by atoms with E-state index in [0.717, 1.165) is 135 Å². The van der Waals surface area contributed by atoms with Crippen molar-refractivity contribution in [1.29, 1.82) is 0 Å². The molecule has 0 aromatic carbocycles. The molecule has 0 spiro atoms. The largest absolute Gasteiger partial charge is 0.462 e. The van der Waals surface area contributed by atoms with Crippen LogP contribution in [0.25, 0.3) is 0 Å². The number of ether oxygens (including phenoxy) is 3. The first-order valence-electron chi connectivity index (χ1n) is 33.2. The number of rotatable bonds is 59. The normalized spacial score (nSPS) is 13.0. The van der Waals surface area contributed by atoms with Gasteiger partial charge in [0.1, 0.15) is 13.2 Å². The Bertz CT molecular complexity index is 1700. The SMILES string of the molecule is CC/C=C\C/C=C\C/C=C\C/C=C\C/C=C\C/C=C\C/C=C\C/C=C\CCCCCCCCC(=O)OCC(COC(=O)CCCCCCCC)OC(=O)CCCCCCCCCCCC/C=C\C/C=C\C/C=C\CCCCCCC. The van der Waals surface area contributed by atoms with Crippen LogP contribution < -0.4 is 0 Å². The van der Waals surface area contributed by atoms with Crippen LogP contribution in [0.15, 0.2) is 134 Å². The van der Waals surface area contributed by atoms with Crippen molar-refractivity contribution < 1.29 is 28.6 Å². The van der Waals surface area contributed by atoms with Gasteiger partial charge < -0.3 is 14.2 Å². The molecule has 0 rings (SSSR count). The Kier molecular flexibility index (Phi) is 63.3. The fourth-order valence-corrected chi connectivity index (χ4v) is 8.94. The smallest absolute Gasteiger partial charge is 0.306 e. The number of hydrogen-bond donors (Lipinski definition) is 0. The summed E-state index contributed by atoms with van der Waals surface area (Å²) < 4.78 is 16.8. The molecule has 0 aliphatic rings. The third-order valence-corrected chi connectivity index (χ3v) is 13.9. The first kappa shape index (κ1) is 75.5. The Morgan fingerprint density at radius 2 is 0.487 bits per heavy atom. The average molecular weight is 1110 g/mol. The van der Waals surface area contributed by atoms with E-state index in [2.05, 4.69) is 154 Å². The first-order chi connectivity index (χ1) is 39.5. The fraction of sp³-hybridized carbons (Fsp3) is 0.662. The zero-order valence-electron chi connectivity index (χ0n) is 52.0. The van der Waals surface area contributed by atoms with Gasteiger partial charge in [-0.3, -0.25) is 14.4 Å². The molecule has 1 unspecified atom stereocenters. The molecule has 454 valence electrons. The maximum Gasteiger partial charge on any atom is 0.306 e. The monoisotopic (exact) mass is 1110 g/mol. The van der Waals surface area contributed by atoms with Gasteiger partial charge in [0.25, 0.3) is 0 Å². The minimum Gasteiger partial charge on any atom is -0.462 e. The number of esters is 3. The van der Waals surface area contributed by atoms with E-state index in [1.165, 1.54) is 122 Å². The van der Waals surface area contributed by atoms with Crippen molar-refractivity contribution in [2.45, 2.75) is 303 Å². The van der Waals surface area contributed by atoms with Crippen molar-refractivity contribution in [3.8, 4) is 0 Å². The third kappa shape index (κ3) is 64.4.